The molecular weight excluding hydrogens is 182 g/mol. The van der Waals surface area contributed by atoms with Gasteiger partial charge in [-0.25, -0.2) is 0 Å². The summed E-state index contributed by atoms with van der Waals surface area (Å²) in [6.07, 6.45) is 4.26. The number of rotatable bonds is 0. The third-order valence-corrected chi connectivity index (χ3v) is 4.58. The van der Waals surface area contributed by atoms with Crippen molar-refractivity contribution in [1.29, 1.82) is 0 Å². The summed E-state index contributed by atoms with van der Waals surface area (Å²) in [5.74, 6) is 2.61. The molecule has 4 atom stereocenters. The minimum atomic E-state index is 0.708. The third-order valence-electron chi connectivity index (χ3n) is 4.18. The average Bonchev–Trinajstić information content (AvgIpc) is 2.70. The van der Waals surface area contributed by atoms with Crippen LogP contribution in [0.3, 0.4) is 0 Å². The fraction of sp³-hybridized carbons (Fsp3) is 0.900. The van der Waals surface area contributed by atoms with E-state index in [1.54, 1.807) is 0 Å². The van der Waals surface area contributed by atoms with Gasteiger partial charge in [0.2, 0.25) is 0 Å². The second kappa shape index (κ2) is 2.59. The molecule has 2 aliphatic carbocycles. The molecule has 2 bridgehead atoms. The molecule has 3 fully saturated rings. The van der Waals surface area contributed by atoms with E-state index in [0.29, 0.717) is 11.2 Å². The summed E-state index contributed by atoms with van der Waals surface area (Å²) in [5, 5.41) is 0.716. The molecule has 2 saturated carbocycles. The van der Waals surface area contributed by atoms with Crippen LogP contribution in [-0.4, -0.2) is 29.8 Å². The van der Waals surface area contributed by atoms with Gasteiger partial charge < -0.3 is 9.64 Å². The van der Waals surface area contributed by atoms with Crippen LogP contribution < -0.4 is 0 Å². The van der Waals surface area contributed by atoms with Gasteiger partial charge in [-0.15, -0.1) is 0 Å². The summed E-state index contributed by atoms with van der Waals surface area (Å²) >= 11 is 5.17. The lowest BCUT2D eigenvalue weighted by atomic mass is 9.84. The molecule has 0 aromatic carbocycles. The number of thiocarbonyl (C=S) groups is 1. The highest BCUT2D eigenvalue weighted by atomic mass is 32.1. The van der Waals surface area contributed by atoms with Gasteiger partial charge in [-0.1, -0.05) is 0 Å². The van der Waals surface area contributed by atoms with Crippen LogP contribution in [0.25, 0.3) is 0 Å². The first-order valence-electron chi connectivity index (χ1n) is 5.17. The fourth-order valence-corrected chi connectivity index (χ4v) is 3.80. The summed E-state index contributed by atoms with van der Waals surface area (Å²) in [7, 11) is 2.10. The van der Waals surface area contributed by atoms with Crippen molar-refractivity contribution in [1.82, 2.24) is 4.90 Å². The molecule has 3 aliphatic rings. The number of fused-ring (bicyclic) bond motifs is 5. The Hall–Kier alpha value is -0.310. The van der Waals surface area contributed by atoms with Crippen molar-refractivity contribution in [2.75, 3.05) is 13.7 Å². The van der Waals surface area contributed by atoms with Gasteiger partial charge in [0.1, 0.15) is 0 Å². The Kier molecular flexibility index (Phi) is 1.60. The van der Waals surface area contributed by atoms with Gasteiger partial charge in [-0.05, 0) is 43.3 Å². The SMILES string of the molecule is CN1C(=S)OC[C@@H]2C3CCC(C3)[C@@H]21. The van der Waals surface area contributed by atoms with E-state index < -0.39 is 0 Å². The van der Waals surface area contributed by atoms with Gasteiger partial charge in [0.05, 0.1) is 6.61 Å². The smallest absolute Gasteiger partial charge is 0.259 e. The highest BCUT2D eigenvalue weighted by molar-refractivity contribution is 7.80. The molecule has 1 heterocycles. The molecule has 2 unspecified atom stereocenters. The Balaban J connectivity index is 1.90. The normalized spacial score (nSPS) is 47.8. The molecule has 2 nitrogen and oxygen atoms in total. The first-order valence-corrected chi connectivity index (χ1v) is 5.58. The second-order valence-corrected chi connectivity index (χ2v) is 5.02. The quantitative estimate of drug-likeness (QED) is 0.548. The highest BCUT2D eigenvalue weighted by Gasteiger charge is 2.52. The molecule has 0 aromatic rings. The summed E-state index contributed by atoms with van der Waals surface area (Å²) in [6, 6.07) is 0.708. The van der Waals surface area contributed by atoms with E-state index in [1.165, 1.54) is 19.3 Å². The number of nitrogens with zero attached hydrogens (tertiary/aromatic N) is 1. The second-order valence-electron chi connectivity index (χ2n) is 4.68. The summed E-state index contributed by atoms with van der Waals surface area (Å²) in [5.41, 5.74) is 0. The molecular formula is C10H15NOS. The maximum Gasteiger partial charge on any atom is 0.259 e. The molecule has 0 amide bonds. The van der Waals surface area contributed by atoms with Gasteiger partial charge in [0.25, 0.3) is 5.17 Å². The van der Waals surface area contributed by atoms with Crippen molar-refractivity contribution in [3.63, 3.8) is 0 Å². The Morgan fingerprint density at radius 1 is 1.38 bits per heavy atom. The monoisotopic (exact) mass is 197 g/mol. The lowest BCUT2D eigenvalue weighted by Gasteiger charge is -2.42. The minimum absolute atomic E-state index is 0.708. The van der Waals surface area contributed by atoms with E-state index >= 15 is 0 Å². The standard InChI is InChI=1S/C10H15NOS/c1-11-9-7-3-2-6(4-7)8(9)5-12-10(11)13/h6-9H,2-5H2,1H3/t6?,7?,8-,9+/m1/s1. The van der Waals surface area contributed by atoms with E-state index in [-0.39, 0.29) is 0 Å². The van der Waals surface area contributed by atoms with Crippen LogP contribution in [0.4, 0.5) is 0 Å². The zero-order valence-electron chi connectivity index (χ0n) is 7.90. The van der Waals surface area contributed by atoms with E-state index in [1.807, 2.05) is 0 Å². The predicted octanol–water partition coefficient (Wildman–Crippen LogP) is 1.65. The highest BCUT2D eigenvalue weighted by Crippen LogP contribution is 2.51. The van der Waals surface area contributed by atoms with Gasteiger partial charge >= 0.3 is 0 Å². The minimum Gasteiger partial charge on any atom is -0.471 e. The van der Waals surface area contributed by atoms with Crippen LogP contribution in [-0.2, 0) is 4.74 Å². The first kappa shape index (κ1) is 8.04. The van der Waals surface area contributed by atoms with Crippen LogP contribution in [0.15, 0.2) is 0 Å². The van der Waals surface area contributed by atoms with Gasteiger partial charge in [-0.3, -0.25) is 0 Å². The Labute approximate surface area is 84.2 Å². The zero-order chi connectivity index (χ0) is 9.00. The van der Waals surface area contributed by atoms with Gasteiger partial charge in [-0.2, -0.15) is 0 Å². The van der Waals surface area contributed by atoms with Crippen LogP contribution in [0, 0.1) is 17.8 Å². The maximum absolute atomic E-state index is 5.51. The van der Waals surface area contributed by atoms with Crippen LogP contribution >= 0.6 is 12.2 Å². The molecule has 1 aliphatic heterocycles. The first-order chi connectivity index (χ1) is 6.27. The number of hydrogen-bond donors (Lipinski definition) is 0. The molecule has 0 spiro atoms. The molecule has 72 valence electrons. The van der Waals surface area contributed by atoms with Crippen LogP contribution in [0.2, 0.25) is 0 Å². The maximum atomic E-state index is 5.51. The molecule has 0 N–H and O–H groups in total. The summed E-state index contributed by atoms with van der Waals surface area (Å²) in [6.45, 7) is 0.884. The largest absolute Gasteiger partial charge is 0.471 e. The number of hydrogen-bond acceptors (Lipinski definition) is 2. The van der Waals surface area contributed by atoms with Crippen molar-refractivity contribution >= 4 is 17.4 Å². The topological polar surface area (TPSA) is 12.5 Å². The van der Waals surface area contributed by atoms with Crippen molar-refractivity contribution in [2.45, 2.75) is 25.3 Å². The van der Waals surface area contributed by atoms with Crippen molar-refractivity contribution in [3.8, 4) is 0 Å². The Morgan fingerprint density at radius 2 is 2.15 bits per heavy atom. The number of ether oxygens (including phenoxy) is 1. The van der Waals surface area contributed by atoms with Gasteiger partial charge in [0, 0.05) is 19.0 Å². The molecule has 3 heteroatoms. The van der Waals surface area contributed by atoms with Crippen molar-refractivity contribution in [3.05, 3.63) is 0 Å². The fourth-order valence-electron chi connectivity index (χ4n) is 3.61. The molecule has 0 aromatic heterocycles. The van der Waals surface area contributed by atoms with Crippen molar-refractivity contribution in [2.24, 2.45) is 17.8 Å². The molecule has 1 saturated heterocycles. The van der Waals surface area contributed by atoms with E-state index in [9.17, 15) is 0 Å². The van der Waals surface area contributed by atoms with E-state index in [4.69, 9.17) is 17.0 Å². The van der Waals surface area contributed by atoms with E-state index in [2.05, 4.69) is 11.9 Å². The lowest BCUT2D eigenvalue weighted by Crippen LogP contribution is -2.51. The van der Waals surface area contributed by atoms with E-state index in [0.717, 1.165) is 24.4 Å². The lowest BCUT2D eigenvalue weighted by molar-refractivity contribution is 0.0524. The van der Waals surface area contributed by atoms with Crippen LogP contribution in [0.5, 0.6) is 0 Å². The third kappa shape index (κ3) is 0.967. The van der Waals surface area contributed by atoms with Crippen molar-refractivity contribution < 1.29 is 4.74 Å². The molecule has 13 heavy (non-hydrogen) atoms. The Bertz CT molecular complexity index is 255. The molecule has 0 radical (unpaired) electrons. The predicted molar refractivity (Wildman–Crippen MR) is 54.4 cm³/mol. The Morgan fingerprint density at radius 3 is 3.00 bits per heavy atom. The average molecular weight is 197 g/mol. The molecule has 3 rings (SSSR count). The van der Waals surface area contributed by atoms with Crippen LogP contribution in [0.1, 0.15) is 19.3 Å². The summed E-state index contributed by atoms with van der Waals surface area (Å²) < 4.78 is 5.51. The van der Waals surface area contributed by atoms with Gasteiger partial charge in [0.15, 0.2) is 0 Å². The zero-order valence-corrected chi connectivity index (χ0v) is 8.72. The summed E-state index contributed by atoms with van der Waals surface area (Å²) in [4.78, 5) is 2.20.